The van der Waals surface area contributed by atoms with Crippen molar-refractivity contribution in [2.45, 2.75) is 19.5 Å². The van der Waals surface area contributed by atoms with Gasteiger partial charge in [-0.25, -0.2) is 9.67 Å². The maximum Gasteiger partial charge on any atom is 0.225 e. The Labute approximate surface area is 162 Å². The summed E-state index contributed by atoms with van der Waals surface area (Å²) < 4.78 is 1.66. The Hall–Kier alpha value is -3.55. The van der Waals surface area contributed by atoms with E-state index in [1.54, 1.807) is 34.4 Å². The van der Waals surface area contributed by atoms with Gasteiger partial charge in [-0.15, -0.1) is 0 Å². The highest BCUT2D eigenvalue weighted by atomic mass is 16.2. The topological polar surface area (TPSA) is 93.0 Å². The molecule has 1 fully saturated rings. The largest absolute Gasteiger partial charge is 0.352 e. The Balaban J connectivity index is 1.37. The van der Waals surface area contributed by atoms with Crippen LogP contribution in [0.3, 0.4) is 0 Å². The van der Waals surface area contributed by atoms with Crippen LogP contribution >= 0.6 is 0 Å². The van der Waals surface area contributed by atoms with Crippen LogP contribution < -0.4 is 5.32 Å². The van der Waals surface area contributed by atoms with Gasteiger partial charge in [-0.2, -0.15) is 5.10 Å². The zero-order chi connectivity index (χ0) is 19.3. The maximum atomic E-state index is 12.6. The van der Waals surface area contributed by atoms with Gasteiger partial charge in [0.2, 0.25) is 11.8 Å². The van der Waals surface area contributed by atoms with Crippen LogP contribution in [0.5, 0.6) is 0 Å². The fourth-order valence-corrected chi connectivity index (χ4v) is 3.28. The van der Waals surface area contributed by atoms with Gasteiger partial charge < -0.3 is 10.2 Å². The Morgan fingerprint density at radius 3 is 2.79 bits per heavy atom. The number of carbonyl (C=O) groups is 2. The minimum Gasteiger partial charge on any atom is -0.352 e. The fraction of sp³-hybridized carbons (Fsp3) is 0.250. The minimum absolute atomic E-state index is 0.0237. The molecule has 8 nitrogen and oxygen atoms in total. The van der Waals surface area contributed by atoms with E-state index >= 15 is 0 Å². The maximum absolute atomic E-state index is 12.6. The molecule has 1 aliphatic rings. The summed E-state index contributed by atoms with van der Waals surface area (Å²) in [5.41, 5.74) is 1.67. The van der Waals surface area contributed by atoms with Gasteiger partial charge in [-0.1, -0.05) is 12.1 Å². The number of rotatable bonds is 6. The van der Waals surface area contributed by atoms with Gasteiger partial charge in [0.15, 0.2) is 5.82 Å². The van der Waals surface area contributed by atoms with E-state index in [0.717, 1.165) is 11.3 Å². The van der Waals surface area contributed by atoms with E-state index in [1.165, 1.54) is 0 Å². The van der Waals surface area contributed by atoms with Crippen molar-refractivity contribution in [1.82, 2.24) is 30.0 Å². The van der Waals surface area contributed by atoms with E-state index in [0.29, 0.717) is 25.5 Å². The molecule has 0 aromatic carbocycles. The lowest BCUT2D eigenvalue weighted by Gasteiger charge is -2.16. The molecule has 1 aliphatic heterocycles. The lowest BCUT2D eigenvalue weighted by molar-refractivity contribution is -0.129. The summed E-state index contributed by atoms with van der Waals surface area (Å²) in [7, 11) is 0. The molecule has 2 amide bonds. The summed E-state index contributed by atoms with van der Waals surface area (Å²) in [6, 6.07) is 11.1. The number of hydrogen-bond donors (Lipinski definition) is 1. The SMILES string of the molecule is O=C(NCc1cccnc1-n1cccn1)C1CC(=O)N(Cc2ccccn2)C1. The van der Waals surface area contributed by atoms with E-state index in [4.69, 9.17) is 0 Å². The molecule has 142 valence electrons. The van der Waals surface area contributed by atoms with E-state index in [-0.39, 0.29) is 24.2 Å². The first-order chi connectivity index (χ1) is 13.7. The van der Waals surface area contributed by atoms with Gasteiger partial charge in [-0.05, 0) is 24.3 Å². The Kier molecular flexibility index (Phi) is 5.09. The van der Waals surface area contributed by atoms with Gasteiger partial charge in [0.25, 0.3) is 0 Å². The molecule has 1 atom stereocenters. The van der Waals surface area contributed by atoms with E-state index in [2.05, 4.69) is 20.4 Å². The molecule has 0 spiro atoms. The van der Waals surface area contributed by atoms with Crippen molar-refractivity contribution in [2.75, 3.05) is 6.54 Å². The summed E-state index contributed by atoms with van der Waals surface area (Å²) in [4.78, 5) is 35.2. The molecule has 3 aromatic heterocycles. The summed E-state index contributed by atoms with van der Waals surface area (Å²) in [5, 5.41) is 7.13. The predicted molar refractivity (Wildman–Crippen MR) is 101 cm³/mol. The molecule has 28 heavy (non-hydrogen) atoms. The summed E-state index contributed by atoms with van der Waals surface area (Å²) in [5.74, 6) is 0.157. The van der Waals surface area contributed by atoms with Crippen LogP contribution in [0.15, 0.2) is 61.2 Å². The molecule has 0 saturated carbocycles. The highest BCUT2D eigenvalue weighted by Gasteiger charge is 2.34. The molecular weight excluding hydrogens is 356 g/mol. The second-order valence-electron chi connectivity index (χ2n) is 6.65. The van der Waals surface area contributed by atoms with Crippen molar-refractivity contribution < 1.29 is 9.59 Å². The van der Waals surface area contributed by atoms with Crippen LogP contribution in [0.4, 0.5) is 0 Å². The Morgan fingerprint density at radius 1 is 1.11 bits per heavy atom. The van der Waals surface area contributed by atoms with Crippen LogP contribution in [0.2, 0.25) is 0 Å². The molecule has 8 heteroatoms. The first kappa shape index (κ1) is 17.8. The second-order valence-corrected chi connectivity index (χ2v) is 6.65. The van der Waals surface area contributed by atoms with Crippen molar-refractivity contribution in [3.05, 3.63) is 72.4 Å². The van der Waals surface area contributed by atoms with Crippen molar-refractivity contribution in [3.8, 4) is 5.82 Å². The number of carbonyl (C=O) groups excluding carboxylic acids is 2. The number of likely N-dealkylation sites (tertiary alicyclic amines) is 1. The third-order valence-corrected chi connectivity index (χ3v) is 4.71. The molecule has 0 aliphatic carbocycles. The molecule has 0 bridgehead atoms. The molecule has 3 aromatic rings. The third kappa shape index (κ3) is 3.90. The molecular formula is C20H20N6O2. The van der Waals surface area contributed by atoms with Gasteiger partial charge in [0, 0.05) is 49.9 Å². The molecule has 1 unspecified atom stereocenters. The summed E-state index contributed by atoms with van der Waals surface area (Å²) >= 11 is 0. The Bertz CT molecular complexity index is 958. The van der Waals surface area contributed by atoms with Gasteiger partial charge in [0.05, 0.1) is 18.2 Å². The number of pyridine rings is 2. The van der Waals surface area contributed by atoms with Crippen LogP contribution in [-0.4, -0.2) is 43.0 Å². The van der Waals surface area contributed by atoms with Crippen LogP contribution in [0.1, 0.15) is 17.7 Å². The Morgan fingerprint density at radius 2 is 2.00 bits per heavy atom. The minimum atomic E-state index is -0.360. The number of nitrogens with one attached hydrogen (secondary N) is 1. The number of amides is 2. The average molecular weight is 376 g/mol. The predicted octanol–water partition coefficient (Wildman–Crippen LogP) is 1.33. The number of hydrogen-bond acceptors (Lipinski definition) is 5. The van der Waals surface area contributed by atoms with Gasteiger partial charge in [-0.3, -0.25) is 14.6 Å². The van der Waals surface area contributed by atoms with Crippen LogP contribution in [0.25, 0.3) is 5.82 Å². The second kappa shape index (κ2) is 7.99. The highest BCUT2D eigenvalue weighted by molar-refractivity contribution is 5.89. The normalized spacial score (nSPS) is 16.4. The number of aromatic nitrogens is 4. The fourth-order valence-electron chi connectivity index (χ4n) is 3.28. The average Bonchev–Trinajstić information content (AvgIpc) is 3.38. The lowest BCUT2D eigenvalue weighted by atomic mass is 10.1. The van der Waals surface area contributed by atoms with E-state index in [9.17, 15) is 9.59 Å². The monoisotopic (exact) mass is 376 g/mol. The van der Waals surface area contributed by atoms with Crippen molar-refractivity contribution in [3.63, 3.8) is 0 Å². The standard InChI is InChI=1S/C20H20N6O2/c27-18-11-16(13-25(18)14-17-6-1-2-7-21-17)20(28)23-12-15-5-3-8-22-19(15)26-10-4-9-24-26/h1-10,16H,11-14H2,(H,23,28). The first-order valence-corrected chi connectivity index (χ1v) is 9.10. The van der Waals surface area contributed by atoms with E-state index in [1.807, 2.05) is 36.4 Å². The molecule has 1 saturated heterocycles. The first-order valence-electron chi connectivity index (χ1n) is 9.10. The van der Waals surface area contributed by atoms with Crippen molar-refractivity contribution >= 4 is 11.8 Å². The summed E-state index contributed by atoms with van der Waals surface area (Å²) in [6.45, 7) is 1.16. The molecule has 4 heterocycles. The lowest BCUT2D eigenvalue weighted by Crippen LogP contribution is -2.33. The zero-order valence-corrected chi connectivity index (χ0v) is 15.2. The highest BCUT2D eigenvalue weighted by Crippen LogP contribution is 2.20. The van der Waals surface area contributed by atoms with Crippen LogP contribution in [-0.2, 0) is 22.7 Å². The quantitative estimate of drug-likeness (QED) is 0.701. The van der Waals surface area contributed by atoms with E-state index < -0.39 is 0 Å². The molecule has 1 N–H and O–H groups in total. The third-order valence-electron chi connectivity index (χ3n) is 4.71. The van der Waals surface area contributed by atoms with Gasteiger partial charge >= 0.3 is 0 Å². The van der Waals surface area contributed by atoms with Gasteiger partial charge in [0.1, 0.15) is 0 Å². The molecule has 4 rings (SSSR count). The number of nitrogens with zero attached hydrogens (tertiary/aromatic N) is 5. The molecule has 0 radical (unpaired) electrons. The zero-order valence-electron chi connectivity index (χ0n) is 15.2. The summed E-state index contributed by atoms with van der Waals surface area (Å²) in [6.07, 6.45) is 7.09. The smallest absolute Gasteiger partial charge is 0.225 e. The van der Waals surface area contributed by atoms with Crippen molar-refractivity contribution in [2.24, 2.45) is 5.92 Å². The van der Waals surface area contributed by atoms with Crippen LogP contribution in [0, 0.1) is 5.92 Å². The van der Waals surface area contributed by atoms with Crippen molar-refractivity contribution in [1.29, 1.82) is 0 Å².